The third-order valence-electron chi connectivity index (χ3n) is 4.72. The fourth-order valence-corrected chi connectivity index (χ4v) is 3.85. The molecule has 0 unspecified atom stereocenters. The molecule has 1 aliphatic carbocycles. The van der Waals surface area contributed by atoms with Crippen LogP contribution in [-0.2, 0) is 25.7 Å². The molecular formula is C19H28. The van der Waals surface area contributed by atoms with E-state index in [1.165, 1.54) is 38.5 Å². The maximum atomic E-state index is 2.51. The SMILES string of the molecule is CCC1=C(CC)c2c(cc(CC)c(CC)c2CC)C1. The Bertz CT molecular complexity index is 503. The Labute approximate surface area is 118 Å². The number of hydrogen-bond acceptors (Lipinski definition) is 0. The fraction of sp³-hybridized carbons (Fsp3) is 0.579. The van der Waals surface area contributed by atoms with E-state index in [4.69, 9.17) is 0 Å². The van der Waals surface area contributed by atoms with Gasteiger partial charge in [-0.1, -0.05) is 46.3 Å². The highest BCUT2D eigenvalue weighted by atomic mass is 14.3. The average Bonchev–Trinajstić information content (AvgIpc) is 2.81. The fourth-order valence-electron chi connectivity index (χ4n) is 3.85. The van der Waals surface area contributed by atoms with Gasteiger partial charge in [-0.2, -0.15) is 0 Å². The highest BCUT2D eigenvalue weighted by Gasteiger charge is 2.24. The minimum Gasteiger partial charge on any atom is -0.0623 e. The summed E-state index contributed by atoms with van der Waals surface area (Å²) in [7, 11) is 0. The van der Waals surface area contributed by atoms with Gasteiger partial charge in [0.25, 0.3) is 0 Å². The highest BCUT2D eigenvalue weighted by molar-refractivity contribution is 5.80. The average molecular weight is 256 g/mol. The van der Waals surface area contributed by atoms with Crippen molar-refractivity contribution >= 4 is 5.57 Å². The number of rotatable bonds is 5. The summed E-state index contributed by atoms with van der Waals surface area (Å²) in [4.78, 5) is 0. The Kier molecular flexibility index (Phi) is 4.50. The predicted molar refractivity (Wildman–Crippen MR) is 85.8 cm³/mol. The molecule has 0 atom stereocenters. The van der Waals surface area contributed by atoms with Crippen LogP contribution in [0.4, 0.5) is 0 Å². The molecular weight excluding hydrogens is 228 g/mol. The lowest BCUT2D eigenvalue weighted by molar-refractivity contribution is 0.963. The maximum Gasteiger partial charge on any atom is -0.00549 e. The van der Waals surface area contributed by atoms with Crippen LogP contribution in [0.3, 0.4) is 0 Å². The summed E-state index contributed by atoms with van der Waals surface area (Å²) in [5, 5.41) is 0. The lowest BCUT2D eigenvalue weighted by Crippen LogP contribution is -2.04. The van der Waals surface area contributed by atoms with Crippen molar-refractivity contribution in [3.05, 3.63) is 39.5 Å². The van der Waals surface area contributed by atoms with Gasteiger partial charge >= 0.3 is 0 Å². The van der Waals surface area contributed by atoms with Crippen molar-refractivity contribution in [2.24, 2.45) is 0 Å². The van der Waals surface area contributed by atoms with Crippen LogP contribution in [0.5, 0.6) is 0 Å². The maximum absolute atomic E-state index is 2.51. The summed E-state index contributed by atoms with van der Waals surface area (Å²) in [6.07, 6.45) is 7.14. The van der Waals surface area contributed by atoms with Gasteiger partial charge in [0.2, 0.25) is 0 Å². The van der Waals surface area contributed by atoms with E-state index in [-0.39, 0.29) is 0 Å². The van der Waals surface area contributed by atoms with E-state index in [0.717, 1.165) is 0 Å². The smallest absolute Gasteiger partial charge is 0.00549 e. The molecule has 0 aromatic heterocycles. The Hall–Kier alpha value is -1.04. The molecule has 104 valence electrons. The molecule has 0 nitrogen and oxygen atoms in total. The summed E-state index contributed by atoms with van der Waals surface area (Å²) < 4.78 is 0. The molecule has 0 aliphatic heterocycles. The third kappa shape index (κ3) is 2.26. The summed E-state index contributed by atoms with van der Waals surface area (Å²) in [6.45, 7) is 11.6. The second-order valence-corrected chi connectivity index (χ2v) is 5.55. The van der Waals surface area contributed by atoms with E-state index in [1.807, 2.05) is 0 Å². The van der Waals surface area contributed by atoms with Gasteiger partial charge in [-0.15, -0.1) is 0 Å². The van der Waals surface area contributed by atoms with Crippen LogP contribution in [0, 0.1) is 0 Å². The Balaban J connectivity index is 2.69. The predicted octanol–water partition coefficient (Wildman–Crippen LogP) is 5.50. The second kappa shape index (κ2) is 5.94. The summed E-state index contributed by atoms with van der Waals surface area (Å²) in [5.41, 5.74) is 11.5. The van der Waals surface area contributed by atoms with Crippen LogP contribution >= 0.6 is 0 Å². The van der Waals surface area contributed by atoms with Crippen molar-refractivity contribution in [3.8, 4) is 0 Å². The van der Waals surface area contributed by atoms with Crippen molar-refractivity contribution in [2.45, 2.75) is 73.1 Å². The van der Waals surface area contributed by atoms with Gasteiger partial charge in [0, 0.05) is 0 Å². The standard InChI is InChI=1S/C19H28/c1-6-13-11-15-12-14(7-2)17(9-4)19(15)18(10-5)16(13)8-3/h11H,6-10,12H2,1-5H3. The van der Waals surface area contributed by atoms with E-state index in [2.05, 4.69) is 40.7 Å². The van der Waals surface area contributed by atoms with Gasteiger partial charge in [0.05, 0.1) is 0 Å². The van der Waals surface area contributed by atoms with Crippen LogP contribution in [0.25, 0.3) is 5.57 Å². The molecule has 0 saturated carbocycles. The van der Waals surface area contributed by atoms with Gasteiger partial charge in [-0.05, 0) is 71.9 Å². The molecule has 0 saturated heterocycles. The summed E-state index contributed by atoms with van der Waals surface area (Å²) in [6, 6.07) is 2.51. The number of hydrogen-bond donors (Lipinski definition) is 0. The van der Waals surface area contributed by atoms with E-state index < -0.39 is 0 Å². The lowest BCUT2D eigenvalue weighted by atomic mass is 9.86. The van der Waals surface area contributed by atoms with Crippen LogP contribution < -0.4 is 0 Å². The van der Waals surface area contributed by atoms with Crippen molar-refractivity contribution in [3.63, 3.8) is 0 Å². The molecule has 0 heteroatoms. The van der Waals surface area contributed by atoms with E-state index >= 15 is 0 Å². The second-order valence-electron chi connectivity index (χ2n) is 5.55. The van der Waals surface area contributed by atoms with Crippen LogP contribution in [0.2, 0.25) is 0 Å². The first-order valence-electron chi connectivity index (χ1n) is 8.09. The van der Waals surface area contributed by atoms with E-state index in [0.29, 0.717) is 0 Å². The number of fused-ring (bicyclic) bond motifs is 1. The first-order chi connectivity index (χ1) is 9.21. The normalized spacial score (nSPS) is 14.2. The highest BCUT2D eigenvalue weighted by Crippen LogP contribution is 2.41. The third-order valence-corrected chi connectivity index (χ3v) is 4.72. The number of benzene rings is 1. The minimum absolute atomic E-state index is 1.17. The Morgan fingerprint density at radius 1 is 0.789 bits per heavy atom. The van der Waals surface area contributed by atoms with E-state index in [1.54, 1.807) is 39.0 Å². The molecule has 1 aromatic carbocycles. The Morgan fingerprint density at radius 2 is 1.47 bits per heavy atom. The summed E-state index contributed by atoms with van der Waals surface area (Å²) >= 11 is 0. The molecule has 1 aliphatic rings. The zero-order valence-electron chi connectivity index (χ0n) is 13.3. The molecule has 1 aromatic rings. The largest absolute Gasteiger partial charge is 0.0623 e. The number of allylic oxidation sites excluding steroid dienone is 2. The molecule has 2 rings (SSSR count). The van der Waals surface area contributed by atoms with Crippen molar-refractivity contribution in [1.29, 1.82) is 0 Å². The summed E-state index contributed by atoms with van der Waals surface area (Å²) in [5.74, 6) is 0. The molecule has 0 heterocycles. The Morgan fingerprint density at radius 3 is 1.95 bits per heavy atom. The molecule has 0 spiro atoms. The van der Waals surface area contributed by atoms with Gasteiger partial charge in [0.1, 0.15) is 0 Å². The quantitative estimate of drug-likeness (QED) is 0.652. The lowest BCUT2D eigenvalue weighted by Gasteiger charge is -2.18. The first kappa shape index (κ1) is 14.4. The van der Waals surface area contributed by atoms with Gasteiger partial charge in [0.15, 0.2) is 0 Å². The first-order valence-corrected chi connectivity index (χ1v) is 8.09. The van der Waals surface area contributed by atoms with Crippen molar-refractivity contribution < 1.29 is 0 Å². The number of aryl methyl sites for hydroxylation is 1. The van der Waals surface area contributed by atoms with Gasteiger partial charge < -0.3 is 0 Å². The zero-order valence-corrected chi connectivity index (χ0v) is 13.3. The van der Waals surface area contributed by atoms with Crippen LogP contribution in [0.1, 0.15) is 75.3 Å². The van der Waals surface area contributed by atoms with Crippen molar-refractivity contribution in [2.75, 3.05) is 0 Å². The van der Waals surface area contributed by atoms with E-state index in [9.17, 15) is 0 Å². The topological polar surface area (TPSA) is 0 Å². The molecule has 0 fully saturated rings. The van der Waals surface area contributed by atoms with Crippen LogP contribution in [0.15, 0.2) is 11.6 Å². The molecule has 19 heavy (non-hydrogen) atoms. The molecule has 0 amide bonds. The monoisotopic (exact) mass is 256 g/mol. The van der Waals surface area contributed by atoms with Gasteiger partial charge in [-0.25, -0.2) is 0 Å². The van der Waals surface area contributed by atoms with Crippen molar-refractivity contribution in [1.82, 2.24) is 0 Å². The molecule has 0 radical (unpaired) electrons. The zero-order chi connectivity index (χ0) is 14.0. The molecule has 0 bridgehead atoms. The minimum atomic E-state index is 1.17. The van der Waals surface area contributed by atoms with Gasteiger partial charge in [-0.3, -0.25) is 0 Å². The van der Waals surface area contributed by atoms with Crippen LogP contribution in [-0.4, -0.2) is 0 Å². The molecule has 0 N–H and O–H groups in total.